The Kier molecular flexibility index (Phi) is 4.46. The molecule has 2 heteroatoms. The molecule has 2 aromatic carbocycles. The first-order valence-electron chi connectivity index (χ1n) is 5.75. The molecule has 0 heterocycles. The molecule has 0 N–H and O–H groups in total. The highest BCUT2D eigenvalue weighted by molar-refractivity contribution is 7.98. The van der Waals surface area contributed by atoms with Crippen molar-refractivity contribution >= 4 is 26.5 Å². The minimum Gasteiger partial charge on any atom is -0.130 e. The number of thioether (sulfide) groups is 1. The molecule has 2 radical (unpaired) electrons. The molecule has 17 heavy (non-hydrogen) atoms. The van der Waals surface area contributed by atoms with Gasteiger partial charge in [-0.1, -0.05) is 54.6 Å². The van der Waals surface area contributed by atoms with E-state index in [1.807, 2.05) is 0 Å². The molecule has 86 valence electrons. The maximum atomic E-state index is 2.31. The highest BCUT2D eigenvalue weighted by atomic mass is 32.2. The largest absolute Gasteiger partial charge is 0.130 e. The third-order valence-corrected chi connectivity index (χ3v) is 4.95. The lowest BCUT2D eigenvalue weighted by molar-refractivity contribution is 1.07. The Hall–Kier alpha value is -0.993. The Bertz CT molecular complexity index is 450. The molecule has 0 amide bonds. The van der Waals surface area contributed by atoms with E-state index < -0.39 is 0 Å². The summed E-state index contributed by atoms with van der Waals surface area (Å²) in [6.45, 7) is 2.31. The molecule has 0 aromatic heterocycles. The van der Waals surface area contributed by atoms with Crippen LogP contribution in [0.15, 0.2) is 59.5 Å². The van der Waals surface area contributed by atoms with Gasteiger partial charge in [0.25, 0.3) is 0 Å². The molecule has 0 spiro atoms. The summed E-state index contributed by atoms with van der Waals surface area (Å²) in [5, 5.41) is 1.44. The maximum absolute atomic E-state index is 2.31. The van der Waals surface area contributed by atoms with Crippen molar-refractivity contribution in [3.8, 4) is 0 Å². The fraction of sp³-hybridized carbons (Fsp3) is 0.200. The van der Waals surface area contributed by atoms with E-state index in [2.05, 4.69) is 67.8 Å². The fourth-order valence-corrected chi connectivity index (χ4v) is 3.41. The molecule has 1 atom stereocenters. The second-order valence-electron chi connectivity index (χ2n) is 4.01. The van der Waals surface area contributed by atoms with Crippen LogP contribution in [0.3, 0.4) is 0 Å². The van der Waals surface area contributed by atoms with Crippen LogP contribution >= 0.6 is 11.8 Å². The van der Waals surface area contributed by atoms with Gasteiger partial charge >= 0.3 is 0 Å². The summed E-state index contributed by atoms with van der Waals surface area (Å²) in [5.41, 5.74) is 2.04. The first-order valence-corrected chi connectivity index (χ1v) is 8.05. The van der Waals surface area contributed by atoms with Gasteiger partial charge in [-0.15, -0.1) is 11.8 Å². The zero-order valence-electron chi connectivity index (χ0n) is 10.2. The van der Waals surface area contributed by atoms with Crippen LogP contribution in [-0.2, 0) is 0 Å². The number of hydrogen-bond acceptors (Lipinski definition) is 1. The molecule has 2 rings (SSSR count). The molecule has 0 aliphatic carbocycles. The lowest BCUT2D eigenvalue weighted by Gasteiger charge is -2.11. The summed E-state index contributed by atoms with van der Waals surface area (Å²) in [4.78, 5) is 1.34. The molecule has 0 bridgehead atoms. The molecule has 0 aliphatic heterocycles. The van der Waals surface area contributed by atoms with E-state index in [0.29, 0.717) is 5.54 Å². The molecular weight excluding hydrogens is 240 g/mol. The number of benzene rings is 2. The van der Waals surface area contributed by atoms with Crippen LogP contribution in [0, 0.1) is 0 Å². The fourth-order valence-electron chi connectivity index (χ4n) is 1.76. The van der Waals surface area contributed by atoms with Crippen LogP contribution in [-0.4, -0.2) is 15.8 Å². The Labute approximate surface area is 110 Å². The highest BCUT2D eigenvalue weighted by Gasteiger charge is 2.07. The second-order valence-corrected chi connectivity index (χ2v) is 6.62. The van der Waals surface area contributed by atoms with Gasteiger partial charge in [0.1, 0.15) is 0 Å². The van der Waals surface area contributed by atoms with Crippen LogP contribution in [0.4, 0.5) is 0 Å². The van der Waals surface area contributed by atoms with E-state index in [1.54, 1.807) is 11.8 Å². The minimum atomic E-state index is 0.605. The van der Waals surface area contributed by atoms with Crippen molar-refractivity contribution in [2.45, 2.75) is 17.4 Å². The summed E-state index contributed by atoms with van der Waals surface area (Å²) < 4.78 is 0. The van der Waals surface area contributed by atoms with Gasteiger partial charge < -0.3 is 0 Å². The van der Waals surface area contributed by atoms with Gasteiger partial charge in [-0.2, -0.15) is 0 Å². The standard InChI is InChI=1S/C15H16SSi/c1-12(17-15-6-4-3-5-7-15)13-8-10-14(16-2)11-9-13/h3-12H,1-2H3/t12-/m0/s1. The van der Waals surface area contributed by atoms with Crippen molar-refractivity contribution in [3.63, 3.8) is 0 Å². The van der Waals surface area contributed by atoms with E-state index in [4.69, 9.17) is 0 Å². The lowest BCUT2D eigenvalue weighted by atomic mass is 10.2. The van der Waals surface area contributed by atoms with Crippen LogP contribution in [0.5, 0.6) is 0 Å². The zero-order valence-corrected chi connectivity index (χ0v) is 12.0. The van der Waals surface area contributed by atoms with Crippen LogP contribution in [0.25, 0.3) is 0 Å². The highest BCUT2D eigenvalue weighted by Crippen LogP contribution is 2.19. The van der Waals surface area contributed by atoms with Crippen LogP contribution < -0.4 is 5.19 Å². The van der Waals surface area contributed by atoms with Crippen molar-refractivity contribution in [1.82, 2.24) is 0 Å². The van der Waals surface area contributed by atoms with Crippen molar-refractivity contribution in [3.05, 3.63) is 60.2 Å². The smallest absolute Gasteiger partial charge is 0.0887 e. The molecule has 0 aliphatic rings. The van der Waals surface area contributed by atoms with Gasteiger partial charge in [0.2, 0.25) is 0 Å². The molecule has 0 fully saturated rings. The molecular formula is C15H16SSi. The van der Waals surface area contributed by atoms with Crippen molar-refractivity contribution < 1.29 is 0 Å². The lowest BCUT2D eigenvalue weighted by Crippen LogP contribution is -2.19. The van der Waals surface area contributed by atoms with Crippen molar-refractivity contribution in [2.75, 3.05) is 6.26 Å². The van der Waals surface area contributed by atoms with E-state index in [1.165, 1.54) is 15.6 Å². The Morgan fingerprint density at radius 1 is 0.941 bits per heavy atom. The quantitative estimate of drug-likeness (QED) is 0.596. The zero-order chi connectivity index (χ0) is 12.1. The van der Waals surface area contributed by atoms with Crippen LogP contribution in [0.1, 0.15) is 18.0 Å². The third-order valence-electron chi connectivity index (χ3n) is 2.77. The first kappa shape index (κ1) is 12.5. The monoisotopic (exact) mass is 256 g/mol. The van der Waals surface area contributed by atoms with Gasteiger partial charge in [-0.05, 0) is 29.5 Å². The summed E-state index contributed by atoms with van der Waals surface area (Å²) in [5.74, 6) is 0. The average Bonchev–Trinajstić information content (AvgIpc) is 2.40. The van der Waals surface area contributed by atoms with Gasteiger partial charge in [-0.3, -0.25) is 0 Å². The SMILES string of the molecule is CSc1ccc([C@H](C)[Si]c2ccccc2)cc1. The van der Waals surface area contributed by atoms with Gasteiger partial charge in [0.05, 0.1) is 9.52 Å². The average molecular weight is 256 g/mol. The predicted molar refractivity (Wildman–Crippen MR) is 78.5 cm³/mol. The predicted octanol–water partition coefficient (Wildman–Crippen LogP) is 3.50. The van der Waals surface area contributed by atoms with Gasteiger partial charge in [-0.25, -0.2) is 0 Å². The molecule has 2 aromatic rings. The molecule has 0 saturated heterocycles. The minimum absolute atomic E-state index is 0.605. The Morgan fingerprint density at radius 3 is 2.18 bits per heavy atom. The van der Waals surface area contributed by atoms with Crippen molar-refractivity contribution in [2.24, 2.45) is 0 Å². The Balaban J connectivity index is 2.06. The van der Waals surface area contributed by atoms with Crippen LogP contribution in [0.2, 0.25) is 0 Å². The van der Waals surface area contributed by atoms with Gasteiger partial charge in [0.15, 0.2) is 0 Å². The van der Waals surface area contributed by atoms with E-state index in [-0.39, 0.29) is 0 Å². The van der Waals surface area contributed by atoms with E-state index >= 15 is 0 Å². The maximum Gasteiger partial charge on any atom is 0.0887 e. The van der Waals surface area contributed by atoms with E-state index in [9.17, 15) is 0 Å². The molecule has 0 saturated carbocycles. The summed E-state index contributed by atoms with van der Waals surface area (Å²) in [7, 11) is 0.846. The molecule has 0 unspecified atom stereocenters. The normalized spacial score (nSPS) is 12.4. The third kappa shape index (κ3) is 3.48. The topological polar surface area (TPSA) is 0 Å². The first-order chi connectivity index (χ1) is 8.29. The number of rotatable bonds is 4. The molecule has 0 nitrogen and oxygen atoms in total. The second kappa shape index (κ2) is 6.08. The Morgan fingerprint density at radius 2 is 1.59 bits per heavy atom. The van der Waals surface area contributed by atoms with Crippen molar-refractivity contribution in [1.29, 1.82) is 0 Å². The van der Waals surface area contributed by atoms with Gasteiger partial charge in [0, 0.05) is 4.90 Å². The summed E-state index contributed by atoms with van der Waals surface area (Å²) >= 11 is 1.80. The van der Waals surface area contributed by atoms with E-state index in [0.717, 1.165) is 9.52 Å². The number of hydrogen-bond donors (Lipinski definition) is 0. The summed E-state index contributed by atoms with van der Waals surface area (Å²) in [6, 6.07) is 19.7. The summed E-state index contributed by atoms with van der Waals surface area (Å²) in [6.07, 6.45) is 2.12.